The number of unbranched alkanes of at least 4 members (excludes halogenated alkanes) is 1. The molecule has 0 spiro atoms. The molecule has 0 radical (unpaired) electrons. The molecular formula is C30H36O8. The van der Waals surface area contributed by atoms with E-state index in [4.69, 9.17) is 18.9 Å². The van der Waals surface area contributed by atoms with Crippen molar-refractivity contribution in [2.75, 3.05) is 0 Å². The number of carbonyl (C=O) groups is 3. The van der Waals surface area contributed by atoms with E-state index in [1.807, 2.05) is 13.8 Å². The van der Waals surface area contributed by atoms with E-state index in [-0.39, 0.29) is 6.42 Å². The lowest BCUT2D eigenvalue weighted by Crippen LogP contribution is -2.32. The van der Waals surface area contributed by atoms with E-state index in [1.54, 1.807) is 48.5 Å². The number of rotatable bonds is 17. The van der Waals surface area contributed by atoms with Gasteiger partial charge in [-0.05, 0) is 66.9 Å². The zero-order valence-corrected chi connectivity index (χ0v) is 22.0. The van der Waals surface area contributed by atoms with E-state index >= 15 is 0 Å². The Labute approximate surface area is 223 Å². The van der Waals surface area contributed by atoms with E-state index in [0.717, 1.165) is 25.3 Å². The van der Waals surface area contributed by atoms with Crippen molar-refractivity contribution in [2.45, 2.75) is 70.9 Å². The molecule has 3 atom stereocenters. The van der Waals surface area contributed by atoms with E-state index in [1.165, 1.54) is 0 Å². The molecule has 0 aliphatic carbocycles. The van der Waals surface area contributed by atoms with Crippen LogP contribution in [0.25, 0.3) is 0 Å². The Hall–Kier alpha value is -3.91. The molecule has 0 saturated carbocycles. The first-order chi connectivity index (χ1) is 18.3. The van der Waals surface area contributed by atoms with Gasteiger partial charge in [0.2, 0.25) is 6.29 Å². The predicted molar refractivity (Wildman–Crippen MR) is 143 cm³/mol. The van der Waals surface area contributed by atoms with Crippen LogP contribution < -0.4 is 14.2 Å². The number of aldehydes is 1. The van der Waals surface area contributed by atoms with Crippen molar-refractivity contribution in [3.05, 3.63) is 78.9 Å². The molecule has 8 heteroatoms. The number of hydrogen-bond acceptors (Lipinski definition) is 8. The Morgan fingerprint density at radius 3 is 2.11 bits per heavy atom. The lowest BCUT2D eigenvalue weighted by molar-refractivity contribution is -0.158. The number of aliphatic hydroxyl groups excluding tert-OH is 1. The second-order valence-corrected chi connectivity index (χ2v) is 8.71. The van der Waals surface area contributed by atoms with Crippen molar-refractivity contribution in [3.63, 3.8) is 0 Å². The minimum atomic E-state index is -0.875. The van der Waals surface area contributed by atoms with E-state index in [2.05, 4.69) is 13.2 Å². The Bertz CT molecular complexity index is 1060. The third-order valence-electron chi connectivity index (χ3n) is 5.53. The summed E-state index contributed by atoms with van der Waals surface area (Å²) in [6.07, 6.45) is 3.36. The van der Waals surface area contributed by atoms with Crippen LogP contribution >= 0.6 is 0 Å². The topological polar surface area (TPSA) is 108 Å². The summed E-state index contributed by atoms with van der Waals surface area (Å²) in [5.74, 6) is 0.140. The van der Waals surface area contributed by atoms with Gasteiger partial charge in [-0.3, -0.25) is 4.79 Å². The van der Waals surface area contributed by atoms with Gasteiger partial charge < -0.3 is 24.1 Å². The number of esters is 2. The molecule has 38 heavy (non-hydrogen) atoms. The molecule has 0 fully saturated rings. The molecule has 3 unspecified atom stereocenters. The van der Waals surface area contributed by atoms with Crippen LogP contribution in [0.1, 0.15) is 62.7 Å². The van der Waals surface area contributed by atoms with Crippen molar-refractivity contribution < 1.29 is 38.4 Å². The van der Waals surface area contributed by atoms with Crippen molar-refractivity contribution in [1.82, 2.24) is 0 Å². The van der Waals surface area contributed by atoms with E-state index < -0.39 is 30.4 Å². The molecule has 2 aromatic rings. The summed E-state index contributed by atoms with van der Waals surface area (Å²) >= 11 is 0. The molecule has 1 N–H and O–H groups in total. The Morgan fingerprint density at radius 1 is 0.921 bits per heavy atom. The highest BCUT2D eigenvalue weighted by Crippen LogP contribution is 2.23. The molecule has 0 heterocycles. The second-order valence-electron chi connectivity index (χ2n) is 8.71. The van der Waals surface area contributed by atoms with E-state index in [9.17, 15) is 19.5 Å². The number of aliphatic hydroxyl groups is 1. The van der Waals surface area contributed by atoms with Crippen molar-refractivity contribution >= 4 is 18.2 Å². The average molecular weight is 525 g/mol. The number of hydrogen-bond donors (Lipinski definition) is 1. The van der Waals surface area contributed by atoms with Gasteiger partial charge in [-0.25, -0.2) is 9.59 Å². The highest BCUT2D eigenvalue weighted by Gasteiger charge is 2.21. The average Bonchev–Trinajstić information content (AvgIpc) is 2.92. The van der Waals surface area contributed by atoms with Crippen LogP contribution in [0.2, 0.25) is 0 Å². The number of benzene rings is 2. The summed E-state index contributed by atoms with van der Waals surface area (Å²) < 4.78 is 22.3. The molecule has 2 aromatic carbocycles. The minimum Gasteiger partial charge on any atom is -0.488 e. The SMILES string of the molecule is C=CC(=O)OC(CCCC)Oc1ccc(OC(=O)c2ccc(OC(CCC)C(O)CC(=C)C=O)cc2)cc1. The molecule has 0 saturated heterocycles. The fraction of sp³-hybridized carbons (Fsp3) is 0.367. The van der Waals surface area contributed by atoms with Gasteiger partial charge in [0.1, 0.15) is 29.6 Å². The first-order valence-electron chi connectivity index (χ1n) is 12.7. The summed E-state index contributed by atoms with van der Waals surface area (Å²) in [5.41, 5.74) is 0.614. The zero-order valence-electron chi connectivity index (χ0n) is 22.0. The second kappa shape index (κ2) is 16.0. The molecule has 0 aromatic heterocycles. The molecular weight excluding hydrogens is 488 g/mol. The van der Waals surface area contributed by atoms with Crippen LogP contribution in [-0.2, 0) is 14.3 Å². The van der Waals surface area contributed by atoms with Crippen LogP contribution in [-0.4, -0.2) is 41.8 Å². The van der Waals surface area contributed by atoms with E-state index in [0.29, 0.717) is 47.5 Å². The van der Waals surface area contributed by atoms with Gasteiger partial charge in [-0.1, -0.05) is 39.8 Å². The molecule has 0 amide bonds. The summed E-state index contributed by atoms with van der Waals surface area (Å²) in [6, 6.07) is 12.8. The molecule has 8 nitrogen and oxygen atoms in total. The monoisotopic (exact) mass is 524 g/mol. The minimum absolute atomic E-state index is 0.127. The quantitative estimate of drug-likeness (QED) is 0.0939. The third kappa shape index (κ3) is 10.2. The van der Waals surface area contributed by atoms with Crippen LogP contribution in [0.5, 0.6) is 17.2 Å². The normalized spacial score (nSPS) is 12.9. The summed E-state index contributed by atoms with van der Waals surface area (Å²) in [6.45, 7) is 11.0. The number of carbonyl (C=O) groups excluding carboxylic acids is 3. The van der Waals surface area contributed by atoms with Gasteiger partial charge >= 0.3 is 11.9 Å². The number of ether oxygens (including phenoxy) is 4. The molecule has 204 valence electrons. The molecule has 0 bridgehead atoms. The molecule has 0 aliphatic heterocycles. The van der Waals surface area contributed by atoms with Gasteiger partial charge in [0.15, 0.2) is 0 Å². The van der Waals surface area contributed by atoms with Gasteiger partial charge in [-0.15, -0.1) is 0 Å². The molecule has 0 aliphatic rings. The van der Waals surface area contributed by atoms with Gasteiger partial charge in [0.05, 0.1) is 11.7 Å². The summed E-state index contributed by atoms with van der Waals surface area (Å²) in [7, 11) is 0. The Morgan fingerprint density at radius 2 is 1.53 bits per heavy atom. The first-order valence-corrected chi connectivity index (χ1v) is 12.7. The molecule has 2 rings (SSSR count). The highest BCUT2D eigenvalue weighted by molar-refractivity contribution is 5.91. The zero-order chi connectivity index (χ0) is 27.9. The van der Waals surface area contributed by atoms with Gasteiger partial charge in [0, 0.05) is 18.9 Å². The summed E-state index contributed by atoms with van der Waals surface area (Å²) in [4.78, 5) is 35.0. The highest BCUT2D eigenvalue weighted by atomic mass is 16.7. The fourth-order valence-electron chi connectivity index (χ4n) is 3.50. The van der Waals surface area contributed by atoms with Crippen molar-refractivity contribution in [1.29, 1.82) is 0 Å². The maximum atomic E-state index is 12.6. The summed E-state index contributed by atoms with van der Waals surface area (Å²) in [5, 5.41) is 10.4. The standard InChI is InChI=1S/C30H36O8/c1-5-8-10-29(38-28(33)7-3)36-24-15-17-25(18-16-24)37-30(34)22-11-13-23(14-12-22)35-27(9-6-2)26(32)19-21(4)20-31/h7,11-18,20,26-27,29,32H,3-6,8-10,19H2,1-2H3. The van der Waals surface area contributed by atoms with Gasteiger partial charge in [-0.2, -0.15) is 0 Å². The van der Waals surface area contributed by atoms with Crippen LogP contribution in [0, 0.1) is 0 Å². The van der Waals surface area contributed by atoms with Gasteiger partial charge in [0.25, 0.3) is 0 Å². The Balaban J connectivity index is 1.97. The smallest absolute Gasteiger partial charge is 0.343 e. The van der Waals surface area contributed by atoms with Crippen LogP contribution in [0.3, 0.4) is 0 Å². The lowest BCUT2D eigenvalue weighted by atomic mass is 10.0. The maximum Gasteiger partial charge on any atom is 0.343 e. The lowest BCUT2D eigenvalue weighted by Gasteiger charge is -2.24. The maximum absolute atomic E-state index is 12.6. The first kappa shape index (κ1) is 30.3. The largest absolute Gasteiger partial charge is 0.488 e. The van der Waals surface area contributed by atoms with Crippen LogP contribution in [0.15, 0.2) is 73.3 Å². The predicted octanol–water partition coefficient (Wildman–Crippen LogP) is 5.58. The fourth-order valence-corrected chi connectivity index (χ4v) is 3.50. The van der Waals surface area contributed by atoms with Crippen molar-refractivity contribution in [2.24, 2.45) is 0 Å². The Kier molecular flexibility index (Phi) is 12.8. The third-order valence-corrected chi connectivity index (χ3v) is 5.53. The van der Waals surface area contributed by atoms with Crippen LogP contribution in [0.4, 0.5) is 0 Å². The van der Waals surface area contributed by atoms with Crippen molar-refractivity contribution in [3.8, 4) is 17.2 Å².